The SMILES string of the molecule is COc1ncccc1-c1ccc(O)c(-c2nc3ccc(C(=O)NC(C)c4nn[nH]n4)cc3[nH]2)c1. The first kappa shape index (κ1) is 21.1. The standard InChI is InChI=1S/C23H20N8O3/c1-12(20-28-30-31-29-20)25-22(33)14-5-7-17-18(11-14)27-21(26-17)16-10-13(6-8-19(16)32)15-4-3-9-24-23(15)34-2/h3-12,32H,1-2H3,(H,25,33)(H,26,27)(H,28,29,30,31). The molecule has 0 radical (unpaired) electrons. The number of amides is 1. The average molecular weight is 456 g/mol. The highest BCUT2D eigenvalue weighted by Gasteiger charge is 2.17. The van der Waals surface area contributed by atoms with E-state index in [1.165, 1.54) is 0 Å². The lowest BCUT2D eigenvalue weighted by Crippen LogP contribution is -2.27. The van der Waals surface area contributed by atoms with E-state index >= 15 is 0 Å². The van der Waals surface area contributed by atoms with Crippen molar-refractivity contribution in [2.45, 2.75) is 13.0 Å². The molecule has 11 nitrogen and oxygen atoms in total. The molecule has 4 N–H and O–H groups in total. The predicted molar refractivity (Wildman–Crippen MR) is 123 cm³/mol. The second-order valence-corrected chi connectivity index (χ2v) is 7.57. The summed E-state index contributed by atoms with van der Waals surface area (Å²) in [7, 11) is 1.56. The van der Waals surface area contributed by atoms with E-state index in [0.717, 1.165) is 11.1 Å². The van der Waals surface area contributed by atoms with Crippen LogP contribution in [-0.4, -0.2) is 53.7 Å². The number of aromatic amines is 2. The number of ether oxygens (including phenoxy) is 1. The van der Waals surface area contributed by atoms with Crippen LogP contribution in [0.3, 0.4) is 0 Å². The summed E-state index contributed by atoms with van der Waals surface area (Å²) >= 11 is 0. The fraction of sp³-hybridized carbons (Fsp3) is 0.130. The third-order valence-corrected chi connectivity index (χ3v) is 5.37. The molecule has 0 bridgehead atoms. The molecule has 0 aliphatic carbocycles. The number of nitrogens with zero attached hydrogens (tertiary/aromatic N) is 5. The summed E-state index contributed by atoms with van der Waals surface area (Å²) in [5.74, 6) is 1.12. The lowest BCUT2D eigenvalue weighted by Gasteiger charge is -2.09. The largest absolute Gasteiger partial charge is 0.507 e. The van der Waals surface area contributed by atoms with Gasteiger partial charge in [0.1, 0.15) is 11.6 Å². The molecular weight excluding hydrogens is 436 g/mol. The number of phenols is 1. The van der Waals surface area contributed by atoms with Crippen LogP contribution in [0.4, 0.5) is 0 Å². The number of fused-ring (bicyclic) bond motifs is 1. The number of nitrogens with one attached hydrogen (secondary N) is 3. The lowest BCUT2D eigenvalue weighted by atomic mass is 10.0. The van der Waals surface area contributed by atoms with Gasteiger partial charge in [0.2, 0.25) is 5.88 Å². The smallest absolute Gasteiger partial charge is 0.251 e. The number of aromatic nitrogens is 7. The van der Waals surface area contributed by atoms with Gasteiger partial charge in [-0.05, 0) is 55.0 Å². The zero-order valence-electron chi connectivity index (χ0n) is 18.3. The van der Waals surface area contributed by atoms with Gasteiger partial charge in [0.25, 0.3) is 5.91 Å². The highest BCUT2D eigenvalue weighted by Crippen LogP contribution is 2.35. The highest BCUT2D eigenvalue weighted by atomic mass is 16.5. The number of hydrogen-bond donors (Lipinski definition) is 4. The quantitative estimate of drug-likeness (QED) is 0.304. The van der Waals surface area contributed by atoms with Gasteiger partial charge in [-0.1, -0.05) is 11.3 Å². The molecule has 3 aromatic heterocycles. The molecule has 0 saturated carbocycles. The number of hydrogen-bond acceptors (Lipinski definition) is 8. The van der Waals surface area contributed by atoms with Crippen LogP contribution in [-0.2, 0) is 0 Å². The van der Waals surface area contributed by atoms with Gasteiger partial charge >= 0.3 is 0 Å². The van der Waals surface area contributed by atoms with Crippen molar-refractivity contribution in [3.8, 4) is 34.1 Å². The Balaban J connectivity index is 1.46. The van der Waals surface area contributed by atoms with Crippen LogP contribution in [0, 0.1) is 0 Å². The van der Waals surface area contributed by atoms with E-state index in [-0.39, 0.29) is 11.7 Å². The first-order valence-corrected chi connectivity index (χ1v) is 10.4. The molecule has 1 amide bonds. The molecular formula is C23H20N8O3. The van der Waals surface area contributed by atoms with Crippen LogP contribution >= 0.6 is 0 Å². The average Bonchev–Trinajstić information content (AvgIpc) is 3.54. The van der Waals surface area contributed by atoms with E-state index in [2.05, 4.69) is 40.9 Å². The molecule has 0 aliphatic rings. The fourth-order valence-corrected chi connectivity index (χ4v) is 3.64. The molecule has 5 rings (SSSR count). The van der Waals surface area contributed by atoms with Crippen molar-refractivity contribution in [1.29, 1.82) is 0 Å². The van der Waals surface area contributed by atoms with E-state index in [9.17, 15) is 9.90 Å². The van der Waals surface area contributed by atoms with Crippen molar-refractivity contribution in [3.05, 3.63) is 66.1 Å². The van der Waals surface area contributed by atoms with Gasteiger partial charge in [0.05, 0.1) is 29.7 Å². The number of aromatic hydroxyl groups is 1. The topological polar surface area (TPSA) is 155 Å². The van der Waals surface area contributed by atoms with Crippen molar-refractivity contribution in [2.75, 3.05) is 7.11 Å². The first-order valence-electron chi connectivity index (χ1n) is 10.4. The van der Waals surface area contributed by atoms with Gasteiger partial charge in [-0.25, -0.2) is 9.97 Å². The van der Waals surface area contributed by atoms with E-state index in [4.69, 9.17) is 4.74 Å². The maximum atomic E-state index is 12.7. The fourth-order valence-electron chi connectivity index (χ4n) is 3.64. The molecule has 0 spiro atoms. The maximum Gasteiger partial charge on any atom is 0.251 e. The molecule has 0 fully saturated rings. The summed E-state index contributed by atoms with van der Waals surface area (Å²) in [6, 6.07) is 13.6. The molecule has 0 aliphatic heterocycles. The summed E-state index contributed by atoms with van der Waals surface area (Å²) < 4.78 is 5.36. The third-order valence-electron chi connectivity index (χ3n) is 5.37. The Morgan fingerprint density at radius 3 is 2.82 bits per heavy atom. The first-order chi connectivity index (χ1) is 16.5. The minimum atomic E-state index is -0.413. The van der Waals surface area contributed by atoms with Crippen LogP contribution in [0.1, 0.15) is 29.1 Å². The number of tetrazole rings is 1. The van der Waals surface area contributed by atoms with Gasteiger partial charge in [0.15, 0.2) is 5.82 Å². The number of methoxy groups -OCH3 is 1. The minimum absolute atomic E-state index is 0.0672. The molecule has 11 heteroatoms. The van der Waals surface area contributed by atoms with E-state index in [1.807, 2.05) is 18.2 Å². The number of H-pyrrole nitrogens is 2. The number of phenolic OH excluding ortho intramolecular Hbond substituents is 1. The molecule has 34 heavy (non-hydrogen) atoms. The van der Waals surface area contributed by atoms with Crippen LogP contribution in [0.2, 0.25) is 0 Å². The van der Waals surface area contributed by atoms with E-state index < -0.39 is 6.04 Å². The second kappa shape index (κ2) is 8.62. The number of carbonyl (C=O) groups excluding carboxylic acids is 1. The molecule has 170 valence electrons. The Kier molecular flexibility index (Phi) is 5.34. The summed E-state index contributed by atoms with van der Waals surface area (Å²) in [4.78, 5) is 24.7. The second-order valence-electron chi connectivity index (χ2n) is 7.57. The van der Waals surface area contributed by atoms with Crippen LogP contribution < -0.4 is 10.1 Å². The van der Waals surface area contributed by atoms with Gasteiger partial charge in [-0.2, -0.15) is 5.21 Å². The van der Waals surface area contributed by atoms with Crippen molar-refractivity contribution in [1.82, 2.24) is 40.9 Å². The zero-order valence-corrected chi connectivity index (χ0v) is 18.3. The molecule has 1 atom stereocenters. The molecule has 3 heterocycles. The van der Waals surface area contributed by atoms with Gasteiger partial charge in [-0.3, -0.25) is 4.79 Å². The monoisotopic (exact) mass is 456 g/mol. The van der Waals surface area contributed by atoms with Crippen molar-refractivity contribution < 1.29 is 14.6 Å². The normalized spacial score (nSPS) is 11.9. The molecule has 5 aromatic rings. The third kappa shape index (κ3) is 3.90. The molecule has 2 aromatic carbocycles. The number of carbonyl (C=O) groups is 1. The summed E-state index contributed by atoms with van der Waals surface area (Å²) in [6.45, 7) is 1.77. The number of imidazole rings is 1. The highest BCUT2D eigenvalue weighted by molar-refractivity contribution is 5.98. The predicted octanol–water partition coefficient (Wildman–Crippen LogP) is 3.01. The van der Waals surface area contributed by atoms with E-state index in [1.54, 1.807) is 50.6 Å². The summed E-state index contributed by atoms with van der Waals surface area (Å²) in [5.41, 5.74) is 3.86. The van der Waals surface area contributed by atoms with Crippen molar-refractivity contribution in [3.63, 3.8) is 0 Å². The Hall–Kier alpha value is -4.80. The molecule has 1 unspecified atom stereocenters. The molecule has 0 saturated heterocycles. The van der Waals surface area contributed by atoms with Crippen LogP contribution in [0.25, 0.3) is 33.5 Å². The lowest BCUT2D eigenvalue weighted by molar-refractivity contribution is 0.0938. The van der Waals surface area contributed by atoms with Gasteiger partial charge in [0, 0.05) is 17.3 Å². The Bertz CT molecular complexity index is 1480. The minimum Gasteiger partial charge on any atom is -0.507 e. The Morgan fingerprint density at radius 1 is 1.15 bits per heavy atom. The number of benzene rings is 2. The summed E-state index contributed by atoms with van der Waals surface area (Å²) in [6.07, 6.45) is 1.65. The zero-order chi connectivity index (χ0) is 23.7. The summed E-state index contributed by atoms with van der Waals surface area (Å²) in [5, 5.41) is 27.0. The van der Waals surface area contributed by atoms with Crippen molar-refractivity contribution in [2.24, 2.45) is 0 Å². The number of rotatable bonds is 6. The van der Waals surface area contributed by atoms with Gasteiger partial charge in [-0.15, -0.1) is 10.2 Å². The van der Waals surface area contributed by atoms with Crippen LogP contribution in [0.15, 0.2) is 54.7 Å². The number of pyridine rings is 1. The Morgan fingerprint density at radius 2 is 2.03 bits per heavy atom. The Labute approximate surface area is 193 Å². The van der Waals surface area contributed by atoms with E-state index in [0.29, 0.717) is 39.7 Å². The van der Waals surface area contributed by atoms with Crippen molar-refractivity contribution >= 4 is 16.9 Å². The maximum absolute atomic E-state index is 12.7. The van der Waals surface area contributed by atoms with Gasteiger partial charge < -0.3 is 20.1 Å². The van der Waals surface area contributed by atoms with Crippen LogP contribution in [0.5, 0.6) is 11.6 Å².